The number of benzene rings is 1. The fraction of sp³-hybridized carbons (Fsp3) is 0.412. The molecule has 0 amide bonds. The van der Waals surface area contributed by atoms with E-state index in [-0.39, 0.29) is 0 Å². The number of ether oxygens (including phenoxy) is 1. The standard InChI is InChI=1S/C17H21IO/c1-4-6-10-16(18)14(5-2)12-13-15-9-7-8-11-17(15)19-3/h7-9,11H,4-6,10H2,1-3H3/b16-14-. The van der Waals surface area contributed by atoms with Crippen LogP contribution in [0.15, 0.2) is 33.4 Å². The number of halogens is 1. The summed E-state index contributed by atoms with van der Waals surface area (Å²) < 4.78 is 6.71. The Kier molecular flexibility index (Phi) is 7.66. The van der Waals surface area contributed by atoms with Crippen molar-refractivity contribution in [2.45, 2.75) is 39.5 Å². The molecule has 2 heteroatoms. The summed E-state index contributed by atoms with van der Waals surface area (Å²) in [5, 5.41) is 0. The minimum absolute atomic E-state index is 0.842. The number of unbranched alkanes of at least 4 members (excludes halogenated alkanes) is 1. The van der Waals surface area contributed by atoms with Gasteiger partial charge < -0.3 is 4.74 Å². The second-order valence-electron chi connectivity index (χ2n) is 4.29. The van der Waals surface area contributed by atoms with Gasteiger partial charge in [0.2, 0.25) is 0 Å². The molecular weight excluding hydrogens is 347 g/mol. The number of methoxy groups -OCH3 is 1. The lowest BCUT2D eigenvalue weighted by Crippen LogP contribution is -1.87. The van der Waals surface area contributed by atoms with Crippen molar-refractivity contribution in [3.05, 3.63) is 39.0 Å². The Morgan fingerprint density at radius 1 is 1.26 bits per heavy atom. The van der Waals surface area contributed by atoms with Crippen molar-refractivity contribution in [2.75, 3.05) is 7.11 Å². The number of allylic oxidation sites excluding steroid dienone is 2. The van der Waals surface area contributed by atoms with Crippen LogP contribution in [-0.2, 0) is 0 Å². The molecule has 0 atom stereocenters. The summed E-state index contributed by atoms with van der Waals surface area (Å²) in [5.74, 6) is 7.39. The predicted octanol–water partition coefficient (Wildman–Crippen LogP) is 5.34. The van der Waals surface area contributed by atoms with Crippen molar-refractivity contribution in [2.24, 2.45) is 0 Å². The third-order valence-electron chi connectivity index (χ3n) is 2.89. The van der Waals surface area contributed by atoms with Crippen LogP contribution in [0.5, 0.6) is 5.75 Å². The summed E-state index contributed by atoms with van der Waals surface area (Å²) in [6.07, 6.45) is 4.59. The Labute approximate surface area is 130 Å². The lowest BCUT2D eigenvalue weighted by molar-refractivity contribution is 0.413. The Bertz CT molecular complexity index is 491. The maximum atomic E-state index is 5.32. The van der Waals surface area contributed by atoms with Crippen molar-refractivity contribution >= 4 is 22.6 Å². The summed E-state index contributed by atoms with van der Waals surface area (Å²) >= 11 is 2.43. The van der Waals surface area contributed by atoms with E-state index in [4.69, 9.17) is 4.74 Å². The van der Waals surface area contributed by atoms with Gasteiger partial charge in [0.25, 0.3) is 0 Å². The van der Waals surface area contributed by atoms with E-state index < -0.39 is 0 Å². The van der Waals surface area contributed by atoms with Crippen LogP contribution in [0.1, 0.15) is 45.1 Å². The highest BCUT2D eigenvalue weighted by Gasteiger charge is 2.00. The van der Waals surface area contributed by atoms with E-state index >= 15 is 0 Å². The van der Waals surface area contributed by atoms with E-state index in [0.29, 0.717) is 0 Å². The average molecular weight is 368 g/mol. The molecule has 0 unspecified atom stereocenters. The first kappa shape index (κ1) is 16.1. The van der Waals surface area contributed by atoms with Gasteiger partial charge in [-0.2, -0.15) is 0 Å². The third-order valence-corrected chi connectivity index (χ3v) is 4.08. The Hall–Kier alpha value is -0.950. The largest absolute Gasteiger partial charge is 0.495 e. The maximum absolute atomic E-state index is 5.32. The van der Waals surface area contributed by atoms with E-state index in [9.17, 15) is 0 Å². The van der Waals surface area contributed by atoms with Crippen LogP contribution in [-0.4, -0.2) is 7.11 Å². The molecule has 0 saturated heterocycles. The zero-order valence-corrected chi connectivity index (χ0v) is 14.1. The van der Waals surface area contributed by atoms with E-state index in [1.54, 1.807) is 7.11 Å². The minimum atomic E-state index is 0.842. The highest BCUT2D eigenvalue weighted by Crippen LogP contribution is 2.22. The minimum Gasteiger partial charge on any atom is -0.495 e. The van der Waals surface area contributed by atoms with E-state index in [0.717, 1.165) is 24.2 Å². The molecule has 0 saturated carbocycles. The number of rotatable bonds is 5. The van der Waals surface area contributed by atoms with Gasteiger partial charge in [0.05, 0.1) is 12.7 Å². The lowest BCUT2D eigenvalue weighted by atomic mass is 10.1. The highest BCUT2D eigenvalue weighted by molar-refractivity contribution is 14.1. The molecule has 1 rings (SSSR count). The van der Waals surface area contributed by atoms with Gasteiger partial charge in [-0.25, -0.2) is 0 Å². The van der Waals surface area contributed by atoms with Gasteiger partial charge in [-0.15, -0.1) is 0 Å². The number of hydrogen-bond acceptors (Lipinski definition) is 1. The fourth-order valence-corrected chi connectivity index (χ4v) is 2.62. The summed E-state index contributed by atoms with van der Waals surface area (Å²) in [6.45, 7) is 4.38. The molecule has 19 heavy (non-hydrogen) atoms. The van der Waals surface area contributed by atoms with Crippen molar-refractivity contribution < 1.29 is 4.74 Å². The Morgan fingerprint density at radius 3 is 2.63 bits per heavy atom. The monoisotopic (exact) mass is 368 g/mol. The van der Waals surface area contributed by atoms with E-state index in [1.807, 2.05) is 24.3 Å². The van der Waals surface area contributed by atoms with Gasteiger partial charge >= 0.3 is 0 Å². The molecule has 1 nitrogen and oxygen atoms in total. The zero-order chi connectivity index (χ0) is 14.1. The van der Waals surface area contributed by atoms with Gasteiger partial charge in [0.1, 0.15) is 5.75 Å². The molecule has 0 aromatic heterocycles. The number of hydrogen-bond donors (Lipinski definition) is 0. The molecule has 0 spiro atoms. The Balaban J connectivity index is 2.96. The molecule has 0 aliphatic rings. The molecule has 0 aliphatic carbocycles. The molecule has 0 bridgehead atoms. The van der Waals surface area contributed by atoms with Gasteiger partial charge in [-0.1, -0.05) is 44.2 Å². The van der Waals surface area contributed by atoms with Crippen LogP contribution in [0.3, 0.4) is 0 Å². The molecule has 0 heterocycles. The predicted molar refractivity (Wildman–Crippen MR) is 90.7 cm³/mol. The Morgan fingerprint density at radius 2 is 2.00 bits per heavy atom. The number of para-hydroxylation sites is 1. The van der Waals surface area contributed by atoms with Crippen LogP contribution in [0.2, 0.25) is 0 Å². The fourth-order valence-electron chi connectivity index (χ4n) is 1.72. The summed E-state index contributed by atoms with van der Waals surface area (Å²) in [5.41, 5.74) is 2.20. The van der Waals surface area contributed by atoms with E-state index in [2.05, 4.69) is 48.3 Å². The molecule has 0 aliphatic heterocycles. The van der Waals surface area contributed by atoms with Gasteiger partial charge in [-0.3, -0.25) is 0 Å². The molecule has 0 radical (unpaired) electrons. The highest BCUT2D eigenvalue weighted by atomic mass is 127. The van der Waals surface area contributed by atoms with Crippen LogP contribution in [0.4, 0.5) is 0 Å². The maximum Gasteiger partial charge on any atom is 0.134 e. The van der Waals surface area contributed by atoms with E-state index in [1.165, 1.54) is 22.0 Å². The van der Waals surface area contributed by atoms with Gasteiger partial charge in [0.15, 0.2) is 0 Å². The van der Waals surface area contributed by atoms with Crippen LogP contribution in [0.25, 0.3) is 0 Å². The third kappa shape index (κ3) is 5.28. The molecule has 0 N–H and O–H groups in total. The van der Waals surface area contributed by atoms with Crippen molar-refractivity contribution in [3.63, 3.8) is 0 Å². The lowest BCUT2D eigenvalue weighted by Gasteiger charge is -2.03. The first-order valence-corrected chi connectivity index (χ1v) is 7.83. The van der Waals surface area contributed by atoms with Crippen LogP contribution >= 0.6 is 22.6 Å². The second-order valence-corrected chi connectivity index (χ2v) is 5.59. The second kappa shape index (κ2) is 9.03. The normalized spacial score (nSPS) is 11.4. The van der Waals surface area contributed by atoms with Gasteiger partial charge in [-0.05, 0) is 54.0 Å². The summed E-state index contributed by atoms with van der Waals surface area (Å²) in [6, 6.07) is 7.90. The summed E-state index contributed by atoms with van der Waals surface area (Å²) in [4.78, 5) is 0. The average Bonchev–Trinajstić information content (AvgIpc) is 2.46. The molecule has 102 valence electrons. The van der Waals surface area contributed by atoms with Crippen molar-refractivity contribution in [1.82, 2.24) is 0 Å². The van der Waals surface area contributed by atoms with Crippen molar-refractivity contribution in [3.8, 4) is 17.6 Å². The molecule has 1 aromatic carbocycles. The zero-order valence-electron chi connectivity index (χ0n) is 11.9. The smallest absolute Gasteiger partial charge is 0.134 e. The SMILES string of the molecule is CCCC/C(I)=C(/C#Cc1ccccc1OC)CC. The van der Waals surface area contributed by atoms with Gasteiger partial charge in [0, 0.05) is 9.15 Å². The quantitative estimate of drug-likeness (QED) is 0.504. The molecule has 1 aromatic rings. The molecular formula is C17H21IO. The first-order chi connectivity index (χ1) is 9.22. The van der Waals surface area contributed by atoms with Crippen LogP contribution < -0.4 is 4.74 Å². The van der Waals surface area contributed by atoms with Crippen molar-refractivity contribution in [1.29, 1.82) is 0 Å². The molecule has 0 fully saturated rings. The van der Waals surface area contributed by atoms with Crippen LogP contribution in [0, 0.1) is 11.8 Å². The summed E-state index contributed by atoms with van der Waals surface area (Å²) in [7, 11) is 1.68. The topological polar surface area (TPSA) is 9.23 Å². The first-order valence-electron chi connectivity index (χ1n) is 6.75.